The summed E-state index contributed by atoms with van der Waals surface area (Å²) in [7, 11) is 0. The third kappa shape index (κ3) is 14.4. The van der Waals surface area contributed by atoms with Crippen molar-refractivity contribution in [2.75, 3.05) is 0 Å². The zero-order chi connectivity index (χ0) is 54.8. The number of ether oxygens (including phenoxy) is 9. The number of fused-ring (bicyclic) bond motifs is 1. The van der Waals surface area contributed by atoms with Crippen molar-refractivity contribution in [3.05, 3.63) is 304 Å². The summed E-state index contributed by atoms with van der Waals surface area (Å²) in [6, 6.07) is 79.9. The fraction of sp³-hybridized carbons (Fsp3) is 0.143. The standard InChI is InChI=1S/C70H59NO10/c72-70(60-36-37-61(74-44-51-24-10-2-11-25-51)69(71-60)79-49-56-34-20-7-21-35-56)81-66-42-59-62(75-45-52-26-12-3-13-27-52)40-58(73-43-50-22-8-1-9-23-50)41-63(59)80-67(66)57-38-64(76-46-53-28-14-4-15-29-53)68(78-48-55-32-18-6-19-33-55)65(39-57)77-47-54-30-16-5-17-31-54/h1-41,66-67H,42-49H2/t66-,67+/m1/s1. The maximum Gasteiger partial charge on any atom is 0.357 e. The largest absolute Gasteiger partial charge is 0.489 e. The molecule has 0 bridgehead atoms. The second-order valence-corrected chi connectivity index (χ2v) is 19.4. The highest BCUT2D eigenvalue weighted by molar-refractivity contribution is 5.88. The minimum atomic E-state index is -0.982. The summed E-state index contributed by atoms with van der Waals surface area (Å²) in [5.74, 6) is 2.51. The Bertz CT molecular complexity index is 3530. The Balaban J connectivity index is 1.000. The monoisotopic (exact) mass is 1070 g/mol. The number of aromatic nitrogens is 1. The topological polar surface area (TPSA) is 113 Å². The third-order valence-corrected chi connectivity index (χ3v) is 13.4. The molecule has 0 amide bonds. The number of carbonyl (C=O) groups is 1. The molecule has 1 aliphatic rings. The molecule has 0 N–H and O–H groups in total. The van der Waals surface area contributed by atoms with E-state index in [9.17, 15) is 4.79 Å². The molecule has 9 aromatic carbocycles. The first-order valence-electron chi connectivity index (χ1n) is 26.9. The molecule has 2 heterocycles. The predicted octanol–water partition coefficient (Wildman–Crippen LogP) is 15.0. The lowest BCUT2D eigenvalue weighted by Crippen LogP contribution is -2.35. The van der Waals surface area contributed by atoms with E-state index in [4.69, 9.17) is 47.6 Å². The molecule has 10 aromatic rings. The van der Waals surface area contributed by atoms with Gasteiger partial charge in [0.1, 0.15) is 69.6 Å². The number of carbonyl (C=O) groups excluding carboxylic acids is 1. The van der Waals surface area contributed by atoms with Crippen molar-refractivity contribution in [1.29, 1.82) is 0 Å². The molecule has 0 aliphatic carbocycles. The molecule has 11 heteroatoms. The summed E-state index contributed by atoms with van der Waals surface area (Å²) < 4.78 is 59.9. The van der Waals surface area contributed by atoms with Gasteiger partial charge in [0, 0.05) is 29.7 Å². The average molecular weight is 1070 g/mol. The normalized spacial score (nSPS) is 13.4. The van der Waals surface area contributed by atoms with Gasteiger partial charge in [0.15, 0.2) is 29.0 Å². The zero-order valence-electron chi connectivity index (χ0n) is 44.5. The Morgan fingerprint density at radius 1 is 0.395 bits per heavy atom. The van der Waals surface area contributed by atoms with Crippen molar-refractivity contribution in [2.45, 2.75) is 64.9 Å². The molecular weight excluding hydrogens is 1010 g/mol. The molecule has 0 spiro atoms. The smallest absolute Gasteiger partial charge is 0.357 e. The third-order valence-electron chi connectivity index (χ3n) is 13.4. The van der Waals surface area contributed by atoms with Gasteiger partial charge in [0.05, 0.1) is 0 Å². The number of hydrogen-bond acceptors (Lipinski definition) is 11. The van der Waals surface area contributed by atoms with Gasteiger partial charge in [-0.3, -0.25) is 0 Å². The molecule has 0 saturated carbocycles. The summed E-state index contributed by atoms with van der Waals surface area (Å²) in [5, 5.41) is 0. The Labute approximate surface area is 471 Å². The van der Waals surface area contributed by atoms with Crippen molar-refractivity contribution < 1.29 is 47.4 Å². The molecule has 0 radical (unpaired) electrons. The van der Waals surface area contributed by atoms with Crippen LogP contribution >= 0.6 is 0 Å². The van der Waals surface area contributed by atoms with Crippen LogP contribution in [0.25, 0.3) is 0 Å². The van der Waals surface area contributed by atoms with Crippen LogP contribution in [0.2, 0.25) is 0 Å². The van der Waals surface area contributed by atoms with E-state index < -0.39 is 18.2 Å². The van der Waals surface area contributed by atoms with E-state index in [1.807, 2.05) is 237 Å². The van der Waals surface area contributed by atoms with E-state index in [1.165, 1.54) is 0 Å². The van der Waals surface area contributed by atoms with E-state index in [0.717, 1.165) is 38.9 Å². The first kappa shape index (κ1) is 53.0. The van der Waals surface area contributed by atoms with Gasteiger partial charge in [0.2, 0.25) is 5.75 Å². The SMILES string of the molecule is O=C(O[C@@H]1Cc2c(OCc3ccccc3)cc(OCc3ccccc3)cc2O[C@H]1c1cc(OCc2ccccc2)c(OCc2ccccc2)c(OCc2ccccc2)c1)c1ccc(OCc2ccccc2)c(OCc2ccccc2)n1. The number of hydrogen-bond donors (Lipinski definition) is 0. The molecule has 11 rings (SSSR count). The van der Waals surface area contributed by atoms with Gasteiger partial charge in [-0.05, 0) is 63.2 Å². The lowest BCUT2D eigenvalue weighted by atomic mass is 9.93. The second-order valence-electron chi connectivity index (χ2n) is 19.4. The molecule has 1 aliphatic heterocycles. The maximum absolute atomic E-state index is 15.0. The van der Waals surface area contributed by atoms with Crippen LogP contribution in [0, 0.1) is 0 Å². The first-order chi connectivity index (χ1) is 40.0. The van der Waals surface area contributed by atoms with E-state index in [0.29, 0.717) is 58.0 Å². The molecule has 11 nitrogen and oxygen atoms in total. The lowest BCUT2D eigenvalue weighted by Gasteiger charge is -2.35. The van der Waals surface area contributed by atoms with Gasteiger partial charge in [-0.2, -0.15) is 0 Å². The lowest BCUT2D eigenvalue weighted by molar-refractivity contribution is -0.0196. The number of benzene rings is 9. The van der Waals surface area contributed by atoms with Crippen LogP contribution in [0.4, 0.5) is 0 Å². The Morgan fingerprint density at radius 3 is 1.22 bits per heavy atom. The molecule has 0 unspecified atom stereocenters. The van der Waals surface area contributed by atoms with Crippen molar-refractivity contribution in [3.8, 4) is 46.1 Å². The minimum Gasteiger partial charge on any atom is -0.489 e. The molecular formula is C70H59NO10. The van der Waals surface area contributed by atoms with Crippen LogP contribution in [0.5, 0.6) is 46.1 Å². The van der Waals surface area contributed by atoms with Gasteiger partial charge in [0.25, 0.3) is 5.88 Å². The molecule has 0 saturated heterocycles. The van der Waals surface area contributed by atoms with E-state index >= 15 is 0 Å². The van der Waals surface area contributed by atoms with Crippen molar-refractivity contribution in [1.82, 2.24) is 4.98 Å². The van der Waals surface area contributed by atoms with Crippen LogP contribution < -0.4 is 37.9 Å². The molecule has 2 atom stereocenters. The second kappa shape index (κ2) is 26.6. The van der Waals surface area contributed by atoms with Crippen LogP contribution in [-0.2, 0) is 57.4 Å². The van der Waals surface area contributed by atoms with E-state index in [1.54, 1.807) is 12.1 Å². The van der Waals surface area contributed by atoms with Gasteiger partial charge in [-0.1, -0.05) is 212 Å². The van der Waals surface area contributed by atoms with Crippen molar-refractivity contribution in [2.24, 2.45) is 0 Å². The van der Waals surface area contributed by atoms with Crippen molar-refractivity contribution in [3.63, 3.8) is 0 Å². The fourth-order valence-corrected chi connectivity index (χ4v) is 9.23. The van der Waals surface area contributed by atoms with E-state index in [2.05, 4.69) is 0 Å². The average Bonchev–Trinajstić information content (AvgIpc) is 3.64. The summed E-state index contributed by atoms with van der Waals surface area (Å²) in [4.78, 5) is 19.7. The summed E-state index contributed by atoms with van der Waals surface area (Å²) >= 11 is 0. The summed E-state index contributed by atoms with van der Waals surface area (Å²) in [6.07, 6.45) is -1.78. The quantitative estimate of drug-likeness (QED) is 0.0539. The maximum atomic E-state index is 15.0. The summed E-state index contributed by atoms with van der Waals surface area (Å²) in [5.41, 5.74) is 7.94. The summed E-state index contributed by atoms with van der Waals surface area (Å²) in [6.45, 7) is 1.66. The Kier molecular flexibility index (Phi) is 17.4. The highest BCUT2D eigenvalue weighted by atomic mass is 16.6. The number of pyridine rings is 1. The number of esters is 1. The van der Waals surface area contributed by atoms with Crippen LogP contribution in [-0.4, -0.2) is 17.1 Å². The van der Waals surface area contributed by atoms with Gasteiger partial charge >= 0.3 is 5.97 Å². The molecule has 81 heavy (non-hydrogen) atoms. The predicted molar refractivity (Wildman–Crippen MR) is 309 cm³/mol. The minimum absolute atomic E-state index is 0.00306. The van der Waals surface area contributed by atoms with Crippen LogP contribution in [0.15, 0.2) is 249 Å². The first-order valence-corrected chi connectivity index (χ1v) is 26.9. The van der Waals surface area contributed by atoms with Gasteiger partial charge in [-0.15, -0.1) is 0 Å². The molecule has 404 valence electrons. The van der Waals surface area contributed by atoms with E-state index in [-0.39, 0.29) is 57.6 Å². The highest BCUT2D eigenvalue weighted by Gasteiger charge is 2.39. The number of nitrogens with zero attached hydrogens (tertiary/aromatic N) is 1. The molecule has 0 fully saturated rings. The zero-order valence-corrected chi connectivity index (χ0v) is 44.5. The Morgan fingerprint density at radius 2 is 0.778 bits per heavy atom. The van der Waals surface area contributed by atoms with Gasteiger partial charge < -0.3 is 42.6 Å². The van der Waals surface area contributed by atoms with Gasteiger partial charge in [-0.25, -0.2) is 9.78 Å². The Hall–Kier alpha value is -10.0. The molecule has 1 aromatic heterocycles. The van der Waals surface area contributed by atoms with Crippen LogP contribution in [0.3, 0.4) is 0 Å². The van der Waals surface area contributed by atoms with Crippen LogP contribution in [0.1, 0.15) is 66.7 Å². The number of rotatable bonds is 24. The van der Waals surface area contributed by atoms with Crippen molar-refractivity contribution >= 4 is 5.97 Å². The highest BCUT2D eigenvalue weighted by Crippen LogP contribution is 2.48. The fourth-order valence-electron chi connectivity index (χ4n) is 9.23.